The quantitative estimate of drug-likeness (QED) is 0.767. The topological polar surface area (TPSA) is 31.4 Å². The maximum atomic E-state index is 4.16. The van der Waals surface area contributed by atoms with E-state index in [1.807, 2.05) is 18.3 Å². The standard InChI is InChI=1S/C22H24N4/c1-18(20-9-5-11-23-16-20)24-26-14-12-25(13-15-26)17-21-8-4-7-19-6-2-3-10-22(19)21/h2-11,16,24H,1,12-15,17H2. The Labute approximate surface area is 154 Å². The second kappa shape index (κ2) is 7.68. The first-order chi connectivity index (χ1) is 12.8. The van der Waals surface area contributed by atoms with E-state index in [-0.39, 0.29) is 0 Å². The maximum Gasteiger partial charge on any atom is 0.0506 e. The first-order valence-electron chi connectivity index (χ1n) is 9.09. The van der Waals surface area contributed by atoms with Gasteiger partial charge in [-0.3, -0.25) is 9.88 Å². The van der Waals surface area contributed by atoms with E-state index < -0.39 is 0 Å². The molecule has 2 aromatic carbocycles. The van der Waals surface area contributed by atoms with Crippen molar-refractivity contribution < 1.29 is 0 Å². The second-order valence-electron chi connectivity index (χ2n) is 6.73. The van der Waals surface area contributed by atoms with E-state index in [0.29, 0.717) is 0 Å². The first-order valence-corrected chi connectivity index (χ1v) is 9.09. The van der Waals surface area contributed by atoms with E-state index >= 15 is 0 Å². The monoisotopic (exact) mass is 344 g/mol. The van der Waals surface area contributed by atoms with Crippen molar-refractivity contribution in [1.82, 2.24) is 20.3 Å². The highest BCUT2D eigenvalue weighted by Gasteiger charge is 2.18. The number of benzene rings is 2. The van der Waals surface area contributed by atoms with Crippen LogP contribution in [0.25, 0.3) is 16.5 Å². The van der Waals surface area contributed by atoms with Crippen molar-refractivity contribution in [3.63, 3.8) is 0 Å². The van der Waals surface area contributed by atoms with Crippen LogP contribution in [-0.2, 0) is 6.54 Å². The minimum atomic E-state index is 0.903. The van der Waals surface area contributed by atoms with E-state index in [4.69, 9.17) is 0 Å². The molecule has 132 valence electrons. The minimum absolute atomic E-state index is 0.903. The Hall–Kier alpha value is -2.69. The average Bonchev–Trinajstić information content (AvgIpc) is 2.70. The number of pyridine rings is 1. The van der Waals surface area contributed by atoms with Crippen LogP contribution in [0.1, 0.15) is 11.1 Å². The summed E-state index contributed by atoms with van der Waals surface area (Å²) in [5.41, 5.74) is 6.76. The summed E-state index contributed by atoms with van der Waals surface area (Å²) in [7, 11) is 0. The number of hydrazine groups is 1. The first kappa shape index (κ1) is 16.8. The molecule has 1 aliphatic rings. The van der Waals surface area contributed by atoms with E-state index in [0.717, 1.165) is 44.0 Å². The predicted molar refractivity (Wildman–Crippen MR) is 107 cm³/mol. The van der Waals surface area contributed by atoms with Gasteiger partial charge in [-0.05, 0) is 28.5 Å². The van der Waals surface area contributed by atoms with E-state index in [1.54, 1.807) is 6.20 Å². The van der Waals surface area contributed by atoms with Crippen LogP contribution in [0.4, 0.5) is 0 Å². The van der Waals surface area contributed by atoms with Crippen LogP contribution in [-0.4, -0.2) is 41.1 Å². The minimum Gasteiger partial charge on any atom is -0.319 e. The Bertz CT molecular complexity index is 878. The van der Waals surface area contributed by atoms with Gasteiger partial charge in [-0.1, -0.05) is 49.0 Å². The molecule has 4 heteroatoms. The summed E-state index contributed by atoms with van der Waals surface area (Å²) in [6.07, 6.45) is 3.62. The Morgan fingerprint density at radius 1 is 0.962 bits per heavy atom. The molecule has 1 fully saturated rings. The molecule has 0 atom stereocenters. The summed E-state index contributed by atoms with van der Waals surface area (Å²) in [6, 6.07) is 19.2. The van der Waals surface area contributed by atoms with Gasteiger partial charge in [0.15, 0.2) is 0 Å². The van der Waals surface area contributed by atoms with Gasteiger partial charge in [-0.25, -0.2) is 5.01 Å². The van der Waals surface area contributed by atoms with Crippen LogP contribution in [0.3, 0.4) is 0 Å². The van der Waals surface area contributed by atoms with Crippen LogP contribution in [0.15, 0.2) is 73.6 Å². The lowest BCUT2D eigenvalue weighted by Gasteiger charge is -2.35. The van der Waals surface area contributed by atoms with Crippen molar-refractivity contribution in [1.29, 1.82) is 0 Å². The Kier molecular flexibility index (Phi) is 4.95. The third kappa shape index (κ3) is 3.77. The largest absolute Gasteiger partial charge is 0.319 e. The van der Waals surface area contributed by atoms with E-state index in [9.17, 15) is 0 Å². The van der Waals surface area contributed by atoms with Gasteiger partial charge in [0, 0.05) is 50.7 Å². The van der Waals surface area contributed by atoms with Gasteiger partial charge in [0.05, 0.1) is 5.70 Å². The highest BCUT2D eigenvalue weighted by molar-refractivity contribution is 5.85. The molecule has 0 saturated carbocycles. The Morgan fingerprint density at radius 3 is 2.58 bits per heavy atom. The van der Waals surface area contributed by atoms with Crippen LogP contribution in [0, 0.1) is 0 Å². The van der Waals surface area contributed by atoms with Gasteiger partial charge in [-0.15, -0.1) is 0 Å². The number of aromatic nitrogens is 1. The number of fused-ring (bicyclic) bond motifs is 1. The normalized spacial score (nSPS) is 15.8. The third-order valence-corrected chi connectivity index (χ3v) is 4.95. The van der Waals surface area contributed by atoms with Gasteiger partial charge >= 0.3 is 0 Å². The summed E-state index contributed by atoms with van der Waals surface area (Å²) < 4.78 is 0. The molecule has 2 heterocycles. The average molecular weight is 344 g/mol. The molecule has 1 aliphatic heterocycles. The molecule has 0 amide bonds. The van der Waals surface area contributed by atoms with Crippen molar-refractivity contribution in [3.8, 4) is 0 Å². The van der Waals surface area contributed by atoms with E-state index in [2.05, 4.69) is 69.4 Å². The summed E-state index contributed by atoms with van der Waals surface area (Å²) in [5, 5.41) is 4.92. The van der Waals surface area contributed by atoms with Crippen molar-refractivity contribution in [2.45, 2.75) is 6.54 Å². The van der Waals surface area contributed by atoms with Gasteiger partial charge in [0.2, 0.25) is 0 Å². The SMILES string of the molecule is C=C(NN1CCN(Cc2cccc3ccccc23)CC1)c1cccnc1. The van der Waals surface area contributed by atoms with Crippen molar-refractivity contribution in [2.24, 2.45) is 0 Å². The summed E-state index contributed by atoms with van der Waals surface area (Å²) in [5.74, 6) is 0. The lowest BCUT2D eigenvalue weighted by molar-refractivity contribution is 0.105. The van der Waals surface area contributed by atoms with Crippen molar-refractivity contribution in [2.75, 3.05) is 26.2 Å². The summed E-state index contributed by atoms with van der Waals surface area (Å²) >= 11 is 0. The van der Waals surface area contributed by atoms with Crippen molar-refractivity contribution in [3.05, 3.63) is 84.7 Å². The fourth-order valence-corrected chi connectivity index (χ4v) is 3.49. The van der Waals surface area contributed by atoms with Gasteiger partial charge in [-0.2, -0.15) is 0 Å². The number of nitrogens with zero attached hydrogens (tertiary/aromatic N) is 3. The zero-order chi connectivity index (χ0) is 17.8. The van der Waals surface area contributed by atoms with E-state index in [1.165, 1.54) is 16.3 Å². The predicted octanol–water partition coefficient (Wildman–Crippen LogP) is 3.53. The molecule has 0 bridgehead atoms. The molecule has 0 unspecified atom stereocenters. The number of piperazine rings is 1. The van der Waals surface area contributed by atoms with Crippen LogP contribution >= 0.6 is 0 Å². The molecule has 0 aliphatic carbocycles. The highest BCUT2D eigenvalue weighted by Crippen LogP contribution is 2.20. The zero-order valence-corrected chi connectivity index (χ0v) is 14.9. The molecule has 3 aromatic rings. The lowest BCUT2D eigenvalue weighted by atomic mass is 10.0. The smallest absolute Gasteiger partial charge is 0.0506 e. The Morgan fingerprint density at radius 2 is 1.77 bits per heavy atom. The Balaban J connectivity index is 1.34. The molecular formula is C22H24N4. The molecule has 1 aromatic heterocycles. The van der Waals surface area contributed by atoms with Crippen LogP contribution < -0.4 is 5.43 Å². The fraction of sp³-hybridized carbons (Fsp3) is 0.227. The molecule has 4 nitrogen and oxygen atoms in total. The third-order valence-electron chi connectivity index (χ3n) is 4.95. The van der Waals surface area contributed by atoms with Crippen LogP contribution in [0.5, 0.6) is 0 Å². The molecule has 4 rings (SSSR count). The number of hydrogen-bond donors (Lipinski definition) is 1. The highest BCUT2D eigenvalue weighted by atomic mass is 15.5. The molecular weight excluding hydrogens is 320 g/mol. The molecule has 26 heavy (non-hydrogen) atoms. The lowest BCUT2D eigenvalue weighted by Crippen LogP contribution is -2.50. The maximum absolute atomic E-state index is 4.16. The molecule has 1 N–H and O–H groups in total. The summed E-state index contributed by atoms with van der Waals surface area (Å²) in [6.45, 7) is 9.16. The van der Waals surface area contributed by atoms with Gasteiger partial charge in [0.1, 0.15) is 0 Å². The second-order valence-corrected chi connectivity index (χ2v) is 6.73. The van der Waals surface area contributed by atoms with Gasteiger partial charge in [0.25, 0.3) is 0 Å². The number of hydrogen-bond acceptors (Lipinski definition) is 4. The van der Waals surface area contributed by atoms with Crippen molar-refractivity contribution >= 4 is 16.5 Å². The van der Waals surface area contributed by atoms with Crippen LogP contribution in [0.2, 0.25) is 0 Å². The zero-order valence-electron chi connectivity index (χ0n) is 14.9. The fourth-order valence-electron chi connectivity index (χ4n) is 3.49. The number of rotatable bonds is 5. The number of nitrogens with one attached hydrogen (secondary N) is 1. The van der Waals surface area contributed by atoms with Gasteiger partial charge < -0.3 is 5.43 Å². The molecule has 1 saturated heterocycles. The summed E-state index contributed by atoms with van der Waals surface area (Å²) in [4.78, 5) is 6.68. The molecule has 0 spiro atoms. The molecule has 0 radical (unpaired) electrons.